The van der Waals surface area contributed by atoms with E-state index < -0.39 is 5.41 Å². The molecule has 0 aliphatic heterocycles. The SMILES string of the molecule is CCOc1ccccc1NC(=O)C1(/C(N)=N/O)CC(C)C1. The quantitative estimate of drug-likeness (QED) is 0.335. The first kappa shape index (κ1) is 15.2. The van der Waals surface area contributed by atoms with Gasteiger partial charge in [-0.05, 0) is 37.8 Å². The van der Waals surface area contributed by atoms with Gasteiger partial charge >= 0.3 is 0 Å². The second-order valence-electron chi connectivity index (χ2n) is 5.46. The number of para-hydroxylation sites is 2. The second-order valence-corrected chi connectivity index (χ2v) is 5.46. The van der Waals surface area contributed by atoms with E-state index >= 15 is 0 Å². The van der Waals surface area contributed by atoms with Gasteiger partial charge in [0.15, 0.2) is 5.84 Å². The van der Waals surface area contributed by atoms with Gasteiger partial charge in [-0.15, -0.1) is 0 Å². The molecule has 1 amide bonds. The van der Waals surface area contributed by atoms with E-state index in [-0.39, 0.29) is 11.7 Å². The van der Waals surface area contributed by atoms with Gasteiger partial charge in [0.1, 0.15) is 11.2 Å². The van der Waals surface area contributed by atoms with Crippen LogP contribution in [0.1, 0.15) is 26.7 Å². The summed E-state index contributed by atoms with van der Waals surface area (Å²) in [6.07, 6.45) is 1.15. The summed E-state index contributed by atoms with van der Waals surface area (Å²) in [6.45, 7) is 4.42. The zero-order valence-electron chi connectivity index (χ0n) is 12.3. The number of oxime groups is 1. The molecule has 1 aliphatic carbocycles. The molecule has 1 aromatic rings. The van der Waals surface area contributed by atoms with E-state index in [2.05, 4.69) is 10.5 Å². The molecule has 1 aliphatic rings. The van der Waals surface area contributed by atoms with E-state index in [1.807, 2.05) is 26.0 Å². The third-order valence-electron chi connectivity index (χ3n) is 3.86. The molecule has 4 N–H and O–H groups in total. The Hall–Kier alpha value is -2.24. The average Bonchev–Trinajstić information content (AvgIpc) is 2.45. The molecule has 114 valence electrons. The summed E-state index contributed by atoms with van der Waals surface area (Å²) in [4.78, 5) is 12.6. The predicted octanol–water partition coefficient (Wildman–Crippen LogP) is 2.19. The molecule has 6 heteroatoms. The van der Waals surface area contributed by atoms with Crippen molar-refractivity contribution in [2.45, 2.75) is 26.7 Å². The smallest absolute Gasteiger partial charge is 0.238 e. The van der Waals surface area contributed by atoms with Crippen LogP contribution in [-0.4, -0.2) is 23.6 Å². The fourth-order valence-electron chi connectivity index (χ4n) is 2.83. The van der Waals surface area contributed by atoms with Crippen LogP contribution in [0.3, 0.4) is 0 Å². The molecular formula is C15H21N3O3. The van der Waals surface area contributed by atoms with Gasteiger partial charge in [0.05, 0.1) is 12.3 Å². The van der Waals surface area contributed by atoms with Crippen LogP contribution in [0.4, 0.5) is 5.69 Å². The van der Waals surface area contributed by atoms with E-state index in [0.717, 1.165) is 0 Å². The average molecular weight is 291 g/mol. The first-order chi connectivity index (χ1) is 10.0. The molecule has 0 saturated heterocycles. The Labute approximate surface area is 124 Å². The fourth-order valence-corrected chi connectivity index (χ4v) is 2.83. The maximum absolute atomic E-state index is 12.6. The maximum atomic E-state index is 12.6. The molecule has 0 unspecified atom stereocenters. The first-order valence-electron chi connectivity index (χ1n) is 7.04. The zero-order chi connectivity index (χ0) is 15.5. The fraction of sp³-hybridized carbons (Fsp3) is 0.467. The van der Waals surface area contributed by atoms with Crippen molar-refractivity contribution in [2.75, 3.05) is 11.9 Å². The molecule has 0 bridgehead atoms. The number of hydrogen-bond donors (Lipinski definition) is 3. The minimum atomic E-state index is -0.923. The normalized spacial score (nSPS) is 25.0. The van der Waals surface area contributed by atoms with Crippen molar-refractivity contribution >= 4 is 17.4 Å². The molecular weight excluding hydrogens is 270 g/mol. The molecule has 1 fully saturated rings. The summed E-state index contributed by atoms with van der Waals surface area (Å²) in [5, 5.41) is 14.8. The number of hydrogen-bond acceptors (Lipinski definition) is 4. The van der Waals surface area contributed by atoms with Crippen LogP contribution >= 0.6 is 0 Å². The van der Waals surface area contributed by atoms with Gasteiger partial charge < -0.3 is 21.0 Å². The lowest BCUT2D eigenvalue weighted by Crippen LogP contribution is -2.54. The van der Waals surface area contributed by atoms with Crippen LogP contribution in [0.25, 0.3) is 0 Å². The van der Waals surface area contributed by atoms with Crippen molar-refractivity contribution in [1.82, 2.24) is 0 Å². The minimum absolute atomic E-state index is 0.0352. The van der Waals surface area contributed by atoms with Crippen LogP contribution in [0.2, 0.25) is 0 Å². The standard InChI is InChI=1S/C15H21N3O3/c1-3-21-12-7-5-4-6-11(12)17-14(19)15(13(16)18-20)8-10(2)9-15/h4-7,10,20H,3,8-9H2,1-2H3,(H2,16,18)(H,17,19). The molecule has 2 rings (SSSR count). The van der Waals surface area contributed by atoms with Crippen LogP contribution in [0.5, 0.6) is 5.75 Å². The Balaban J connectivity index is 2.21. The van der Waals surface area contributed by atoms with E-state index in [0.29, 0.717) is 36.8 Å². The number of anilines is 1. The van der Waals surface area contributed by atoms with Crippen molar-refractivity contribution in [3.63, 3.8) is 0 Å². The Morgan fingerprint density at radius 3 is 2.76 bits per heavy atom. The predicted molar refractivity (Wildman–Crippen MR) is 80.5 cm³/mol. The highest BCUT2D eigenvalue weighted by Gasteiger charge is 2.52. The molecule has 6 nitrogen and oxygen atoms in total. The summed E-state index contributed by atoms with van der Waals surface area (Å²) in [5.41, 5.74) is 5.40. The molecule has 21 heavy (non-hydrogen) atoms. The van der Waals surface area contributed by atoms with Gasteiger partial charge in [-0.2, -0.15) is 0 Å². The van der Waals surface area contributed by atoms with Crippen molar-refractivity contribution in [3.05, 3.63) is 24.3 Å². The van der Waals surface area contributed by atoms with Crippen molar-refractivity contribution in [2.24, 2.45) is 22.2 Å². The monoisotopic (exact) mass is 291 g/mol. The van der Waals surface area contributed by atoms with Gasteiger partial charge in [0.2, 0.25) is 5.91 Å². The number of carbonyl (C=O) groups is 1. The summed E-state index contributed by atoms with van der Waals surface area (Å²) in [5.74, 6) is 0.684. The van der Waals surface area contributed by atoms with Gasteiger partial charge in [-0.1, -0.05) is 24.2 Å². The Morgan fingerprint density at radius 2 is 2.19 bits per heavy atom. The Morgan fingerprint density at radius 1 is 1.52 bits per heavy atom. The third-order valence-corrected chi connectivity index (χ3v) is 3.86. The Bertz CT molecular complexity index is 551. The van der Waals surface area contributed by atoms with E-state index in [1.54, 1.807) is 12.1 Å². The lowest BCUT2D eigenvalue weighted by atomic mass is 9.61. The highest BCUT2D eigenvalue weighted by atomic mass is 16.5. The molecule has 0 radical (unpaired) electrons. The first-order valence-corrected chi connectivity index (χ1v) is 7.04. The van der Waals surface area contributed by atoms with Crippen LogP contribution in [0, 0.1) is 11.3 Å². The number of carbonyl (C=O) groups excluding carboxylic acids is 1. The molecule has 0 spiro atoms. The molecule has 0 heterocycles. The van der Waals surface area contributed by atoms with Gasteiger partial charge in [0.25, 0.3) is 0 Å². The van der Waals surface area contributed by atoms with Gasteiger partial charge in [-0.25, -0.2) is 0 Å². The summed E-state index contributed by atoms with van der Waals surface area (Å²) in [6, 6.07) is 7.21. The van der Waals surface area contributed by atoms with Crippen LogP contribution < -0.4 is 15.8 Å². The lowest BCUT2D eigenvalue weighted by molar-refractivity contribution is -0.127. The summed E-state index contributed by atoms with van der Waals surface area (Å²) >= 11 is 0. The molecule has 0 atom stereocenters. The number of ether oxygens (including phenoxy) is 1. The zero-order valence-corrected chi connectivity index (χ0v) is 12.3. The maximum Gasteiger partial charge on any atom is 0.238 e. The highest BCUT2D eigenvalue weighted by molar-refractivity contribution is 6.13. The van der Waals surface area contributed by atoms with Crippen molar-refractivity contribution in [3.8, 4) is 5.75 Å². The molecule has 1 saturated carbocycles. The number of nitrogens with one attached hydrogen (secondary N) is 1. The van der Waals surface area contributed by atoms with E-state index in [1.165, 1.54) is 0 Å². The Kier molecular flexibility index (Phi) is 4.35. The summed E-state index contributed by atoms with van der Waals surface area (Å²) in [7, 11) is 0. The van der Waals surface area contributed by atoms with Gasteiger partial charge in [0, 0.05) is 0 Å². The van der Waals surface area contributed by atoms with Crippen molar-refractivity contribution in [1.29, 1.82) is 0 Å². The number of amides is 1. The lowest BCUT2D eigenvalue weighted by Gasteiger charge is -2.43. The van der Waals surface area contributed by atoms with Crippen molar-refractivity contribution < 1.29 is 14.7 Å². The van der Waals surface area contributed by atoms with E-state index in [9.17, 15) is 4.79 Å². The number of benzene rings is 1. The molecule has 1 aromatic carbocycles. The largest absolute Gasteiger partial charge is 0.492 e. The highest BCUT2D eigenvalue weighted by Crippen LogP contribution is 2.46. The van der Waals surface area contributed by atoms with Crippen LogP contribution in [-0.2, 0) is 4.79 Å². The molecule has 0 aromatic heterocycles. The third kappa shape index (κ3) is 2.79. The topological polar surface area (TPSA) is 96.9 Å². The number of rotatable bonds is 5. The van der Waals surface area contributed by atoms with Gasteiger partial charge in [-0.3, -0.25) is 4.79 Å². The summed E-state index contributed by atoms with van der Waals surface area (Å²) < 4.78 is 5.48. The minimum Gasteiger partial charge on any atom is -0.492 e. The number of nitrogens with two attached hydrogens (primary N) is 1. The number of nitrogens with zero attached hydrogens (tertiary/aromatic N) is 1. The van der Waals surface area contributed by atoms with Crippen LogP contribution in [0.15, 0.2) is 29.4 Å². The van der Waals surface area contributed by atoms with E-state index in [4.69, 9.17) is 15.7 Å². The number of amidine groups is 1. The second kappa shape index (κ2) is 6.03.